The number of anilines is 1. The van der Waals surface area contributed by atoms with Crippen molar-refractivity contribution in [2.75, 3.05) is 5.12 Å². The molecule has 0 radical (unpaired) electrons. The van der Waals surface area contributed by atoms with Crippen molar-refractivity contribution >= 4 is 28.7 Å². The standard InChI is InChI=1S/C21H16ClN3/c22-18-13-11-17(12-14-18)21-15-20(16-7-3-1-4-8-16)23-25(24-21)19-9-5-2-6-10-19/h1-15,23H. The van der Waals surface area contributed by atoms with E-state index < -0.39 is 0 Å². The zero-order valence-electron chi connectivity index (χ0n) is 13.4. The molecule has 1 aliphatic rings. The Balaban J connectivity index is 1.78. The van der Waals surface area contributed by atoms with Crippen LogP contribution in [0.2, 0.25) is 5.02 Å². The van der Waals surface area contributed by atoms with Gasteiger partial charge in [-0.2, -0.15) is 10.2 Å². The molecule has 0 fully saturated rings. The van der Waals surface area contributed by atoms with Gasteiger partial charge in [0.05, 0.1) is 17.1 Å². The highest BCUT2D eigenvalue weighted by atomic mass is 35.5. The number of hydrogen-bond acceptors (Lipinski definition) is 3. The van der Waals surface area contributed by atoms with E-state index in [2.05, 4.69) is 23.6 Å². The number of nitrogens with zero attached hydrogens (tertiary/aromatic N) is 2. The Hall–Kier alpha value is -3.04. The average Bonchev–Trinajstić information content (AvgIpc) is 2.69. The Labute approximate surface area is 151 Å². The second-order valence-electron chi connectivity index (χ2n) is 5.68. The van der Waals surface area contributed by atoms with E-state index >= 15 is 0 Å². The van der Waals surface area contributed by atoms with E-state index in [0.717, 1.165) is 28.2 Å². The van der Waals surface area contributed by atoms with Gasteiger partial charge in [-0.05, 0) is 35.9 Å². The predicted molar refractivity (Wildman–Crippen MR) is 104 cm³/mol. The Bertz CT molecular complexity index is 916. The van der Waals surface area contributed by atoms with Crippen LogP contribution in [0, 0.1) is 0 Å². The van der Waals surface area contributed by atoms with Crippen molar-refractivity contribution in [3.63, 3.8) is 0 Å². The first-order valence-electron chi connectivity index (χ1n) is 8.03. The fraction of sp³-hybridized carbons (Fsp3) is 0. The lowest BCUT2D eigenvalue weighted by molar-refractivity contribution is 0.787. The average molecular weight is 346 g/mol. The Kier molecular flexibility index (Phi) is 4.23. The molecule has 1 heterocycles. The van der Waals surface area contributed by atoms with Crippen LogP contribution in [-0.4, -0.2) is 5.71 Å². The number of rotatable bonds is 3. The summed E-state index contributed by atoms with van der Waals surface area (Å²) in [5, 5.41) is 7.26. The molecule has 122 valence electrons. The molecule has 3 aromatic rings. The molecule has 0 amide bonds. The summed E-state index contributed by atoms with van der Waals surface area (Å²) in [5.74, 6) is 0. The van der Waals surface area contributed by atoms with Crippen LogP contribution in [-0.2, 0) is 0 Å². The maximum atomic E-state index is 6.02. The Morgan fingerprint density at radius 3 is 2.04 bits per heavy atom. The van der Waals surface area contributed by atoms with Gasteiger partial charge in [0.15, 0.2) is 0 Å². The third kappa shape index (κ3) is 3.42. The highest BCUT2D eigenvalue weighted by Gasteiger charge is 2.16. The van der Waals surface area contributed by atoms with Gasteiger partial charge in [-0.3, -0.25) is 5.43 Å². The van der Waals surface area contributed by atoms with Crippen LogP contribution < -0.4 is 10.5 Å². The number of nitrogens with one attached hydrogen (secondary N) is 1. The normalized spacial score (nSPS) is 13.7. The highest BCUT2D eigenvalue weighted by molar-refractivity contribution is 6.30. The van der Waals surface area contributed by atoms with Crippen LogP contribution >= 0.6 is 11.6 Å². The smallest absolute Gasteiger partial charge is 0.0950 e. The van der Waals surface area contributed by atoms with Crippen molar-refractivity contribution in [1.29, 1.82) is 0 Å². The predicted octanol–water partition coefficient (Wildman–Crippen LogP) is 5.11. The molecule has 3 aromatic carbocycles. The molecule has 25 heavy (non-hydrogen) atoms. The molecule has 3 nitrogen and oxygen atoms in total. The molecule has 4 rings (SSSR count). The minimum absolute atomic E-state index is 0.713. The van der Waals surface area contributed by atoms with Crippen LogP contribution in [0.1, 0.15) is 11.1 Å². The van der Waals surface area contributed by atoms with Gasteiger partial charge in [0.2, 0.25) is 0 Å². The molecule has 0 saturated carbocycles. The molecule has 0 saturated heterocycles. The van der Waals surface area contributed by atoms with Crippen LogP contribution in [0.5, 0.6) is 0 Å². The summed E-state index contributed by atoms with van der Waals surface area (Å²) >= 11 is 6.02. The number of allylic oxidation sites excluding steroid dienone is 1. The van der Waals surface area contributed by atoms with Gasteiger partial charge in [0, 0.05) is 10.6 Å². The van der Waals surface area contributed by atoms with Crippen LogP contribution in [0.4, 0.5) is 5.69 Å². The lowest BCUT2D eigenvalue weighted by Gasteiger charge is -2.27. The Morgan fingerprint density at radius 2 is 1.36 bits per heavy atom. The molecule has 1 aliphatic heterocycles. The molecule has 4 heteroatoms. The first kappa shape index (κ1) is 15.5. The summed E-state index contributed by atoms with van der Waals surface area (Å²) < 4.78 is 0. The van der Waals surface area contributed by atoms with Gasteiger partial charge < -0.3 is 0 Å². The summed E-state index contributed by atoms with van der Waals surface area (Å²) in [6.45, 7) is 0. The van der Waals surface area contributed by atoms with E-state index in [9.17, 15) is 0 Å². The molecule has 0 bridgehead atoms. The fourth-order valence-corrected chi connectivity index (χ4v) is 2.79. The van der Waals surface area contributed by atoms with Crippen molar-refractivity contribution in [3.8, 4) is 0 Å². The maximum absolute atomic E-state index is 6.02. The summed E-state index contributed by atoms with van der Waals surface area (Å²) in [5.41, 5.74) is 8.33. The Morgan fingerprint density at radius 1 is 0.720 bits per heavy atom. The first-order valence-corrected chi connectivity index (χ1v) is 8.41. The third-order valence-electron chi connectivity index (χ3n) is 3.94. The number of hydrazine groups is 1. The summed E-state index contributed by atoms with van der Waals surface area (Å²) in [6, 6.07) is 28.0. The van der Waals surface area contributed by atoms with Crippen LogP contribution in [0.25, 0.3) is 5.70 Å². The van der Waals surface area contributed by atoms with Crippen molar-refractivity contribution < 1.29 is 0 Å². The van der Waals surface area contributed by atoms with Crippen LogP contribution in [0.15, 0.2) is 96.1 Å². The number of para-hydroxylation sites is 1. The molecular formula is C21H16ClN3. The molecule has 0 atom stereocenters. The number of benzene rings is 3. The number of halogens is 1. The lowest BCUT2D eigenvalue weighted by atomic mass is 10.1. The van der Waals surface area contributed by atoms with E-state index in [1.54, 1.807) is 5.12 Å². The number of hydrogen-bond donors (Lipinski definition) is 1. The van der Waals surface area contributed by atoms with Crippen molar-refractivity contribution in [2.45, 2.75) is 0 Å². The first-order chi connectivity index (χ1) is 12.3. The minimum Gasteiger partial charge on any atom is -0.277 e. The topological polar surface area (TPSA) is 27.6 Å². The zero-order chi connectivity index (χ0) is 17.1. The van der Waals surface area contributed by atoms with Gasteiger partial charge >= 0.3 is 0 Å². The van der Waals surface area contributed by atoms with Crippen molar-refractivity contribution in [3.05, 3.63) is 107 Å². The van der Waals surface area contributed by atoms with Gasteiger partial charge in [-0.15, -0.1) is 0 Å². The highest BCUT2D eigenvalue weighted by Crippen LogP contribution is 2.23. The molecular weight excluding hydrogens is 330 g/mol. The molecule has 1 N–H and O–H groups in total. The molecule has 0 aromatic heterocycles. The fourth-order valence-electron chi connectivity index (χ4n) is 2.66. The van der Waals surface area contributed by atoms with E-state index in [1.807, 2.05) is 72.8 Å². The molecule has 0 unspecified atom stereocenters. The molecule has 0 spiro atoms. The number of hydrazone groups is 1. The minimum atomic E-state index is 0.713. The second-order valence-corrected chi connectivity index (χ2v) is 6.11. The van der Waals surface area contributed by atoms with Gasteiger partial charge in [-0.25, -0.2) is 0 Å². The summed E-state index contributed by atoms with van der Waals surface area (Å²) in [7, 11) is 0. The SMILES string of the molecule is Clc1ccc(C2=NN(c3ccccc3)NC(c3ccccc3)=C2)cc1. The summed E-state index contributed by atoms with van der Waals surface area (Å²) in [6.07, 6.45) is 2.05. The lowest BCUT2D eigenvalue weighted by Crippen LogP contribution is -2.36. The van der Waals surface area contributed by atoms with E-state index in [-0.39, 0.29) is 0 Å². The van der Waals surface area contributed by atoms with Gasteiger partial charge in [0.25, 0.3) is 0 Å². The van der Waals surface area contributed by atoms with Crippen molar-refractivity contribution in [1.82, 2.24) is 5.43 Å². The summed E-state index contributed by atoms with van der Waals surface area (Å²) in [4.78, 5) is 0. The van der Waals surface area contributed by atoms with Crippen LogP contribution in [0.3, 0.4) is 0 Å². The van der Waals surface area contributed by atoms with E-state index in [1.165, 1.54) is 0 Å². The molecule has 0 aliphatic carbocycles. The van der Waals surface area contributed by atoms with E-state index in [4.69, 9.17) is 16.7 Å². The second kappa shape index (κ2) is 6.83. The quantitative estimate of drug-likeness (QED) is 0.714. The maximum Gasteiger partial charge on any atom is 0.0950 e. The largest absolute Gasteiger partial charge is 0.277 e. The van der Waals surface area contributed by atoms with Gasteiger partial charge in [-0.1, -0.05) is 72.3 Å². The van der Waals surface area contributed by atoms with Gasteiger partial charge in [0.1, 0.15) is 0 Å². The van der Waals surface area contributed by atoms with E-state index in [0.29, 0.717) is 5.02 Å². The monoisotopic (exact) mass is 345 g/mol. The van der Waals surface area contributed by atoms with Crippen molar-refractivity contribution in [2.24, 2.45) is 5.10 Å². The zero-order valence-corrected chi connectivity index (χ0v) is 14.2. The third-order valence-corrected chi connectivity index (χ3v) is 4.19.